The van der Waals surface area contributed by atoms with Gasteiger partial charge in [-0.1, -0.05) is 13.8 Å². The normalized spacial score (nSPS) is 15.9. The van der Waals surface area contributed by atoms with Gasteiger partial charge >= 0.3 is 8.56 Å². The van der Waals surface area contributed by atoms with E-state index in [0.717, 1.165) is 0 Å². The summed E-state index contributed by atoms with van der Waals surface area (Å²) in [5, 5.41) is 0. The van der Waals surface area contributed by atoms with Gasteiger partial charge in [-0.25, -0.2) is 0 Å². The molecule has 1 N–H and O–H groups in total. The third kappa shape index (κ3) is 5.16. The smallest absolute Gasteiger partial charge is 0.318 e. The van der Waals surface area contributed by atoms with Crippen LogP contribution in [0.2, 0.25) is 25.2 Å². The summed E-state index contributed by atoms with van der Waals surface area (Å²) in [6.07, 6.45) is 0. The molecular formula is C6H18O2Si2. The Bertz CT molecular complexity index is 98.4. The minimum absolute atomic E-state index is 0.624. The fourth-order valence-corrected chi connectivity index (χ4v) is 5.32. The molecule has 4 heteroatoms. The highest BCUT2D eigenvalue weighted by Crippen LogP contribution is 2.12. The fraction of sp³-hybridized carbons (Fsp3) is 1.00. The van der Waals surface area contributed by atoms with Gasteiger partial charge in [0.15, 0.2) is 9.04 Å². The van der Waals surface area contributed by atoms with Gasteiger partial charge in [-0.05, 0) is 25.2 Å². The van der Waals surface area contributed by atoms with Crippen molar-refractivity contribution in [2.75, 3.05) is 0 Å². The Morgan fingerprint density at radius 2 is 1.80 bits per heavy atom. The van der Waals surface area contributed by atoms with Crippen molar-refractivity contribution in [3.8, 4) is 0 Å². The second kappa shape index (κ2) is 3.66. The lowest BCUT2D eigenvalue weighted by molar-refractivity contribution is 0.392. The Kier molecular flexibility index (Phi) is 3.79. The lowest BCUT2D eigenvalue weighted by Crippen LogP contribution is -2.37. The first-order chi connectivity index (χ1) is 4.33. The molecule has 0 aromatic carbocycles. The molecule has 62 valence electrons. The SMILES string of the molecule is CC(C)[SiH](C)O[Si](C)(C)O. The molecule has 0 saturated heterocycles. The van der Waals surface area contributed by atoms with Gasteiger partial charge in [0.05, 0.1) is 0 Å². The quantitative estimate of drug-likeness (QED) is 0.663. The largest absolute Gasteiger partial charge is 0.439 e. The van der Waals surface area contributed by atoms with Crippen molar-refractivity contribution < 1.29 is 8.91 Å². The minimum Gasteiger partial charge on any atom is -0.439 e. The molecule has 0 aliphatic heterocycles. The van der Waals surface area contributed by atoms with Gasteiger partial charge in [0, 0.05) is 0 Å². The van der Waals surface area contributed by atoms with Crippen LogP contribution in [0.5, 0.6) is 0 Å². The molecule has 0 radical (unpaired) electrons. The lowest BCUT2D eigenvalue weighted by Gasteiger charge is -2.23. The van der Waals surface area contributed by atoms with Crippen LogP contribution in [0.4, 0.5) is 0 Å². The maximum Gasteiger partial charge on any atom is 0.318 e. The molecule has 0 fully saturated rings. The highest BCUT2D eigenvalue weighted by molar-refractivity contribution is 6.72. The third-order valence-corrected chi connectivity index (χ3v) is 7.09. The van der Waals surface area contributed by atoms with Gasteiger partial charge in [-0.3, -0.25) is 0 Å². The molecule has 2 nitrogen and oxygen atoms in total. The Morgan fingerprint density at radius 1 is 1.40 bits per heavy atom. The van der Waals surface area contributed by atoms with Crippen molar-refractivity contribution in [2.24, 2.45) is 0 Å². The molecule has 0 saturated carbocycles. The van der Waals surface area contributed by atoms with E-state index in [1.165, 1.54) is 0 Å². The van der Waals surface area contributed by atoms with E-state index in [9.17, 15) is 4.80 Å². The topological polar surface area (TPSA) is 29.5 Å². The molecule has 0 amide bonds. The molecule has 0 heterocycles. The summed E-state index contributed by atoms with van der Waals surface area (Å²) < 4.78 is 5.53. The molecule has 1 unspecified atom stereocenters. The second-order valence-corrected chi connectivity index (χ2v) is 10.1. The van der Waals surface area contributed by atoms with Gasteiger partial charge < -0.3 is 8.91 Å². The van der Waals surface area contributed by atoms with E-state index in [4.69, 9.17) is 4.12 Å². The zero-order valence-corrected chi connectivity index (χ0v) is 9.66. The highest BCUT2D eigenvalue weighted by Gasteiger charge is 2.23. The van der Waals surface area contributed by atoms with Crippen LogP contribution in [0.15, 0.2) is 0 Å². The molecule has 0 rings (SSSR count). The minimum atomic E-state index is -2.22. The number of rotatable bonds is 3. The number of hydrogen-bond donors (Lipinski definition) is 1. The average molecular weight is 178 g/mol. The summed E-state index contributed by atoms with van der Waals surface area (Å²) in [4.78, 5) is 9.39. The monoisotopic (exact) mass is 178 g/mol. The zero-order valence-electron chi connectivity index (χ0n) is 7.51. The van der Waals surface area contributed by atoms with E-state index in [1.807, 2.05) is 13.1 Å². The lowest BCUT2D eigenvalue weighted by atomic mass is 10.6. The van der Waals surface area contributed by atoms with E-state index >= 15 is 0 Å². The van der Waals surface area contributed by atoms with Crippen molar-refractivity contribution in [3.05, 3.63) is 0 Å². The Labute approximate surface area is 66.2 Å². The summed E-state index contributed by atoms with van der Waals surface area (Å²) >= 11 is 0. The van der Waals surface area contributed by atoms with Gasteiger partial charge in [-0.2, -0.15) is 0 Å². The van der Waals surface area contributed by atoms with Gasteiger partial charge in [0.25, 0.3) is 0 Å². The average Bonchev–Trinajstić information content (AvgIpc) is 1.60. The van der Waals surface area contributed by atoms with E-state index < -0.39 is 17.6 Å². The molecule has 0 bridgehead atoms. The van der Waals surface area contributed by atoms with Crippen LogP contribution in [0.3, 0.4) is 0 Å². The van der Waals surface area contributed by atoms with Crippen molar-refractivity contribution in [2.45, 2.75) is 39.0 Å². The van der Waals surface area contributed by atoms with Gasteiger partial charge in [0.1, 0.15) is 0 Å². The van der Waals surface area contributed by atoms with E-state index in [1.54, 1.807) is 0 Å². The summed E-state index contributed by atoms with van der Waals surface area (Å²) in [7, 11) is -3.31. The van der Waals surface area contributed by atoms with Crippen LogP contribution in [0, 0.1) is 0 Å². The van der Waals surface area contributed by atoms with Gasteiger partial charge in [-0.15, -0.1) is 0 Å². The highest BCUT2D eigenvalue weighted by atomic mass is 28.4. The predicted molar refractivity (Wildman–Crippen MR) is 48.9 cm³/mol. The predicted octanol–water partition coefficient (Wildman–Crippen LogP) is 1.46. The fourth-order valence-electron chi connectivity index (χ4n) is 0.591. The van der Waals surface area contributed by atoms with Crippen LogP contribution < -0.4 is 0 Å². The molecule has 0 spiro atoms. The van der Waals surface area contributed by atoms with Crippen molar-refractivity contribution in [3.63, 3.8) is 0 Å². The maximum absolute atomic E-state index is 9.39. The summed E-state index contributed by atoms with van der Waals surface area (Å²) in [6, 6.07) is 0. The van der Waals surface area contributed by atoms with Crippen molar-refractivity contribution in [1.82, 2.24) is 0 Å². The molecule has 0 aliphatic rings. The molecule has 10 heavy (non-hydrogen) atoms. The summed E-state index contributed by atoms with van der Waals surface area (Å²) in [5.74, 6) is 0. The standard InChI is InChI=1S/C6H18O2Si2/c1-6(2)9(3)8-10(4,5)7/h6-7,9H,1-5H3. The Balaban J connectivity index is 3.68. The molecule has 0 aliphatic carbocycles. The maximum atomic E-state index is 9.39. The van der Waals surface area contributed by atoms with Gasteiger partial charge in [0.2, 0.25) is 0 Å². The van der Waals surface area contributed by atoms with E-state index in [0.29, 0.717) is 5.54 Å². The summed E-state index contributed by atoms with van der Waals surface area (Å²) in [5.41, 5.74) is 0.624. The number of hydrogen-bond acceptors (Lipinski definition) is 2. The third-order valence-electron chi connectivity index (χ3n) is 1.41. The molecule has 0 aromatic heterocycles. The first-order valence-electron chi connectivity index (χ1n) is 3.73. The van der Waals surface area contributed by atoms with Crippen LogP contribution in [-0.4, -0.2) is 22.4 Å². The second-order valence-electron chi connectivity index (χ2n) is 3.51. The Morgan fingerprint density at radius 3 is 1.90 bits per heavy atom. The van der Waals surface area contributed by atoms with E-state index in [2.05, 4.69) is 20.4 Å². The van der Waals surface area contributed by atoms with Crippen LogP contribution >= 0.6 is 0 Å². The van der Waals surface area contributed by atoms with Crippen LogP contribution in [0.1, 0.15) is 13.8 Å². The zero-order chi connectivity index (χ0) is 8.36. The molecular weight excluding hydrogens is 160 g/mol. The van der Waals surface area contributed by atoms with Crippen LogP contribution in [-0.2, 0) is 4.12 Å². The first kappa shape index (κ1) is 10.4. The van der Waals surface area contributed by atoms with Crippen LogP contribution in [0.25, 0.3) is 0 Å². The first-order valence-corrected chi connectivity index (χ1v) is 8.88. The molecule has 0 aromatic rings. The molecule has 1 atom stereocenters. The van der Waals surface area contributed by atoms with E-state index in [-0.39, 0.29) is 0 Å². The Hall–Kier alpha value is 0.354. The van der Waals surface area contributed by atoms with Crippen molar-refractivity contribution >= 4 is 17.6 Å². The van der Waals surface area contributed by atoms with Crippen molar-refractivity contribution in [1.29, 1.82) is 0 Å². The summed E-state index contributed by atoms with van der Waals surface area (Å²) in [6.45, 7) is 10.1.